The number of allylic oxidation sites excluding steroid dienone is 2. The number of nitrogens with zero attached hydrogens (tertiary/aromatic N) is 2. The molecule has 1 aromatic rings. The van der Waals surface area contributed by atoms with E-state index in [4.69, 9.17) is 4.42 Å². The van der Waals surface area contributed by atoms with Gasteiger partial charge in [0.05, 0.1) is 17.9 Å². The number of hydrogen-bond acceptors (Lipinski definition) is 4. The number of fused-ring (bicyclic) bond motifs is 1. The highest BCUT2D eigenvalue weighted by atomic mass is 79.9. The van der Waals surface area contributed by atoms with Gasteiger partial charge in [0, 0.05) is 13.1 Å². The van der Waals surface area contributed by atoms with Crippen molar-refractivity contribution in [2.45, 2.75) is 18.9 Å². The Morgan fingerprint density at radius 1 is 1.09 bits per heavy atom. The zero-order chi connectivity index (χ0) is 16.1. The van der Waals surface area contributed by atoms with Crippen LogP contribution in [0.4, 0.5) is 0 Å². The summed E-state index contributed by atoms with van der Waals surface area (Å²) >= 11 is 3.17. The molecule has 0 saturated carbocycles. The second kappa shape index (κ2) is 5.33. The maximum absolute atomic E-state index is 12.5. The number of amides is 3. The summed E-state index contributed by atoms with van der Waals surface area (Å²) in [6.07, 6.45) is 5.23. The van der Waals surface area contributed by atoms with Gasteiger partial charge in [0.25, 0.3) is 5.91 Å². The molecule has 0 unspecified atom stereocenters. The summed E-state index contributed by atoms with van der Waals surface area (Å²) < 4.78 is 5.75. The minimum absolute atomic E-state index is 0.0813. The van der Waals surface area contributed by atoms with Gasteiger partial charge in [-0.1, -0.05) is 12.2 Å². The first-order valence-corrected chi connectivity index (χ1v) is 8.42. The molecule has 2 fully saturated rings. The third kappa shape index (κ3) is 2.25. The predicted molar refractivity (Wildman–Crippen MR) is 83.3 cm³/mol. The Labute approximate surface area is 141 Å². The SMILES string of the molecule is O=C(c1ccc(Br)o1)N1CC(N2C(=O)[C@@H]3CC=CC[C@H]3C2=O)C1. The van der Waals surface area contributed by atoms with Crippen LogP contribution in [0.15, 0.2) is 33.4 Å². The van der Waals surface area contributed by atoms with Gasteiger partial charge in [-0.3, -0.25) is 19.3 Å². The van der Waals surface area contributed by atoms with E-state index in [-0.39, 0.29) is 41.4 Å². The van der Waals surface area contributed by atoms with Crippen LogP contribution >= 0.6 is 15.9 Å². The molecule has 3 aliphatic rings. The molecule has 2 aliphatic heterocycles. The van der Waals surface area contributed by atoms with Gasteiger partial charge >= 0.3 is 0 Å². The lowest BCUT2D eigenvalue weighted by Gasteiger charge is -2.42. The molecular weight excluding hydrogens is 364 g/mol. The van der Waals surface area contributed by atoms with Crippen molar-refractivity contribution in [1.82, 2.24) is 9.80 Å². The minimum Gasteiger partial charge on any atom is -0.444 e. The third-order valence-electron chi connectivity index (χ3n) is 4.84. The molecular formula is C16H15BrN2O4. The van der Waals surface area contributed by atoms with Gasteiger partial charge in [-0.15, -0.1) is 0 Å². The number of carbonyl (C=O) groups excluding carboxylic acids is 3. The number of imide groups is 1. The van der Waals surface area contributed by atoms with Crippen LogP contribution in [0.2, 0.25) is 0 Å². The minimum atomic E-state index is -0.217. The van der Waals surface area contributed by atoms with E-state index in [1.807, 2.05) is 12.2 Å². The van der Waals surface area contributed by atoms with Crippen LogP contribution in [0.25, 0.3) is 0 Å². The topological polar surface area (TPSA) is 70.8 Å². The molecule has 1 aliphatic carbocycles. The molecule has 120 valence electrons. The largest absolute Gasteiger partial charge is 0.444 e. The van der Waals surface area contributed by atoms with Crippen LogP contribution in [0.3, 0.4) is 0 Å². The summed E-state index contributed by atoms with van der Waals surface area (Å²) in [4.78, 5) is 40.2. The standard InChI is InChI=1S/C16H15BrN2O4/c17-13-6-5-12(23-13)16(22)18-7-9(8-18)19-14(20)10-3-1-2-4-11(10)15(19)21/h1-2,5-6,9-11H,3-4,7-8H2/t10-,11-/m1/s1. The number of halogens is 1. The maximum atomic E-state index is 12.5. The smallest absolute Gasteiger partial charge is 0.289 e. The average molecular weight is 379 g/mol. The van der Waals surface area contributed by atoms with Crippen molar-refractivity contribution in [3.8, 4) is 0 Å². The summed E-state index contributed by atoms with van der Waals surface area (Å²) in [7, 11) is 0. The monoisotopic (exact) mass is 378 g/mol. The number of carbonyl (C=O) groups is 3. The summed E-state index contributed by atoms with van der Waals surface area (Å²) in [6.45, 7) is 0.753. The Hall–Kier alpha value is -1.89. The lowest BCUT2D eigenvalue weighted by molar-refractivity contribution is -0.145. The molecule has 0 N–H and O–H groups in total. The van der Waals surface area contributed by atoms with Crippen molar-refractivity contribution < 1.29 is 18.8 Å². The third-order valence-corrected chi connectivity index (χ3v) is 5.27. The van der Waals surface area contributed by atoms with Gasteiger partial charge in [-0.2, -0.15) is 0 Å². The van der Waals surface area contributed by atoms with E-state index in [2.05, 4.69) is 15.9 Å². The Balaban J connectivity index is 1.43. The van der Waals surface area contributed by atoms with Crippen molar-refractivity contribution in [2.24, 2.45) is 11.8 Å². The van der Waals surface area contributed by atoms with Crippen LogP contribution < -0.4 is 0 Å². The van der Waals surface area contributed by atoms with Crippen molar-refractivity contribution in [3.05, 3.63) is 34.7 Å². The molecule has 1 aromatic heterocycles. The summed E-state index contributed by atoms with van der Waals surface area (Å²) in [5.41, 5.74) is 0. The molecule has 0 radical (unpaired) electrons. The normalized spacial score (nSPS) is 27.3. The lowest BCUT2D eigenvalue weighted by Crippen LogP contribution is -2.62. The Bertz CT molecular complexity index is 693. The molecule has 0 spiro atoms. The Morgan fingerprint density at radius 2 is 1.70 bits per heavy atom. The number of rotatable bonds is 2. The highest BCUT2D eigenvalue weighted by Crippen LogP contribution is 2.37. The van der Waals surface area contributed by atoms with Crippen LogP contribution in [-0.4, -0.2) is 46.7 Å². The summed E-state index contributed by atoms with van der Waals surface area (Å²) in [5.74, 6) is -0.543. The fourth-order valence-corrected chi connectivity index (χ4v) is 3.86. The molecule has 23 heavy (non-hydrogen) atoms. The van der Waals surface area contributed by atoms with Crippen molar-refractivity contribution >= 4 is 33.7 Å². The highest BCUT2D eigenvalue weighted by molar-refractivity contribution is 9.10. The van der Waals surface area contributed by atoms with Crippen LogP contribution in [0.1, 0.15) is 23.4 Å². The Kier molecular flexibility index (Phi) is 3.41. The van der Waals surface area contributed by atoms with Gasteiger partial charge in [0.1, 0.15) is 0 Å². The molecule has 0 aromatic carbocycles. The molecule has 2 saturated heterocycles. The van der Waals surface area contributed by atoms with E-state index in [1.54, 1.807) is 17.0 Å². The molecule has 3 heterocycles. The zero-order valence-corrected chi connectivity index (χ0v) is 13.9. The lowest BCUT2D eigenvalue weighted by atomic mass is 9.85. The second-order valence-corrected chi connectivity index (χ2v) is 6.95. The first-order valence-electron chi connectivity index (χ1n) is 7.63. The molecule has 7 heteroatoms. The Morgan fingerprint density at radius 3 is 2.22 bits per heavy atom. The molecule has 4 rings (SSSR count). The van der Waals surface area contributed by atoms with E-state index >= 15 is 0 Å². The number of hydrogen-bond donors (Lipinski definition) is 0. The predicted octanol–water partition coefficient (Wildman–Crippen LogP) is 1.82. The quantitative estimate of drug-likeness (QED) is 0.581. The van der Waals surface area contributed by atoms with Crippen LogP contribution in [-0.2, 0) is 9.59 Å². The van der Waals surface area contributed by atoms with Crippen molar-refractivity contribution in [1.29, 1.82) is 0 Å². The molecule has 3 amide bonds. The summed E-state index contributed by atoms with van der Waals surface area (Å²) in [5, 5.41) is 0. The van der Waals surface area contributed by atoms with Gasteiger partial charge in [-0.05, 0) is 40.9 Å². The molecule has 0 bridgehead atoms. The first kappa shape index (κ1) is 14.7. The summed E-state index contributed by atoms with van der Waals surface area (Å²) in [6, 6.07) is 3.06. The van der Waals surface area contributed by atoms with Gasteiger partial charge in [-0.25, -0.2) is 0 Å². The first-order chi connectivity index (χ1) is 11.1. The molecule has 6 nitrogen and oxygen atoms in total. The van der Waals surface area contributed by atoms with Crippen LogP contribution in [0, 0.1) is 11.8 Å². The van der Waals surface area contributed by atoms with Gasteiger partial charge in [0.15, 0.2) is 10.4 Å². The molecule has 2 atom stereocenters. The van der Waals surface area contributed by atoms with E-state index in [1.165, 1.54) is 4.90 Å². The van der Waals surface area contributed by atoms with E-state index in [9.17, 15) is 14.4 Å². The fraction of sp³-hybridized carbons (Fsp3) is 0.438. The maximum Gasteiger partial charge on any atom is 0.289 e. The zero-order valence-electron chi connectivity index (χ0n) is 12.3. The van der Waals surface area contributed by atoms with Crippen LogP contribution in [0.5, 0.6) is 0 Å². The van der Waals surface area contributed by atoms with E-state index in [0.717, 1.165) is 0 Å². The van der Waals surface area contributed by atoms with E-state index in [0.29, 0.717) is 30.6 Å². The van der Waals surface area contributed by atoms with Crippen molar-refractivity contribution in [3.63, 3.8) is 0 Å². The highest BCUT2D eigenvalue weighted by Gasteiger charge is 2.52. The van der Waals surface area contributed by atoms with Crippen molar-refractivity contribution in [2.75, 3.05) is 13.1 Å². The number of furan rings is 1. The van der Waals surface area contributed by atoms with E-state index < -0.39 is 0 Å². The average Bonchev–Trinajstić information content (AvgIpc) is 3.04. The second-order valence-electron chi connectivity index (χ2n) is 6.17. The van der Waals surface area contributed by atoms with Gasteiger partial charge in [0.2, 0.25) is 11.8 Å². The van der Waals surface area contributed by atoms with Gasteiger partial charge < -0.3 is 9.32 Å². The number of likely N-dealkylation sites (tertiary alicyclic amines) is 2. The fourth-order valence-electron chi connectivity index (χ4n) is 3.56.